The Balaban J connectivity index is 1.62. The van der Waals surface area contributed by atoms with E-state index in [1.165, 1.54) is 4.90 Å². The van der Waals surface area contributed by atoms with E-state index in [-0.39, 0.29) is 11.8 Å². The number of halogens is 1. The van der Waals surface area contributed by atoms with Gasteiger partial charge in [-0.25, -0.2) is 4.90 Å². The summed E-state index contributed by atoms with van der Waals surface area (Å²) in [5.74, 6) is -0.653. The van der Waals surface area contributed by atoms with Crippen LogP contribution in [0.3, 0.4) is 0 Å². The van der Waals surface area contributed by atoms with Gasteiger partial charge in [0.25, 0.3) is 11.8 Å². The molecule has 0 aromatic heterocycles. The van der Waals surface area contributed by atoms with Crippen molar-refractivity contribution in [3.05, 3.63) is 64.7 Å². The Hall–Kier alpha value is -2.73. The summed E-state index contributed by atoms with van der Waals surface area (Å²) in [6.07, 6.45) is 0. The summed E-state index contributed by atoms with van der Waals surface area (Å²) in [6, 6.07) is 13.1. The quantitative estimate of drug-likeness (QED) is 0.795. The smallest absolute Gasteiger partial charge is 0.263 e. The van der Waals surface area contributed by atoms with Gasteiger partial charge in [-0.05, 0) is 30.7 Å². The van der Waals surface area contributed by atoms with Crippen LogP contribution in [0.1, 0.15) is 11.1 Å². The second kappa shape index (κ2) is 5.97. The fourth-order valence-electron chi connectivity index (χ4n) is 3.10. The number of hydrogen-bond acceptors (Lipinski definition) is 5. The minimum absolute atomic E-state index is 0.309. The zero-order chi connectivity index (χ0) is 17.6. The van der Waals surface area contributed by atoms with Crippen molar-refractivity contribution in [2.45, 2.75) is 25.6 Å². The molecule has 6 nitrogen and oxygen atoms in total. The zero-order valence-corrected chi connectivity index (χ0v) is 14.2. The Bertz CT molecular complexity index is 881. The number of carbonyl (C=O) groups excluding carboxylic acids is 2. The second-order valence-corrected chi connectivity index (χ2v) is 6.54. The highest BCUT2D eigenvalue weighted by Gasteiger charge is 2.54. The molecule has 0 radical (unpaired) electrons. The number of amides is 2. The minimum Gasteiger partial charge on any atom is -0.271 e. The first-order valence-electron chi connectivity index (χ1n) is 7.91. The molecule has 2 aliphatic rings. The van der Waals surface area contributed by atoms with Crippen LogP contribution in [0.25, 0.3) is 0 Å². The van der Waals surface area contributed by atoms with Crippen LogP contribution in [-0.2, 0) is 16.1 Å². The third-order valence-corrected chi connectivity index (χ3v) is 4.81. The van der Waals surface area contributed by atoms with Crippen LogP contribution in [0.15, 0.2) is 58.9 Å². The molecule has 0 N–H and O–H groups in total. The summed E-state index contributed by atoms with van der Waals surface area (Å²) in [4.78, 5) is 26.7. The summed E-state index contributed by atoms with van der Waals surface area (Å²) >= 11 is 6.19. The van der Waals surface area contributed by atoms with Crippen molar-refractivity contribution in [2.75, 3.05) is 4.90 Å². The topological polar surface area (TPSA) is 65.3 Å². The zero-order valence-electron chi connectivity index (χ0n) is 13.5. The standard InChI is InChI=1S/C18H15ClN4O2/c1-11-6-8-13(9-7-11)23-17(24)15-16(18(23)25)22(21-20-15)10-12-4-2-3-5-14(12)19/h2-9,15-16H,10H2,1H3/t15-,16+/m1/s1. The largest absolute Gasteiger partial charge is 0.271 e. The second-order valence-electron chi connectivity index (χ2n) is 6.13. The number of anilines is 1. The molecule has 0 bridgehead atoms. The summed E-state index contributed by atoms with van der Waals surface area (Å²) < 4.78 is 0. The normalized spacial score (nSPS) is 22.0. The van der Waals surface area contributed by atoms with Crippen molar-refractivity contribution < 1.29 is 9.59 Å². The summed E-state index contributed by atoms with van der Waals surface area (Å²) in [6.45, 7) is 2.27. The Morgan fingerprint density at radius 3 is 2.48 bits per heavy atom. The molecule has 2 aromatic rings. The maximum absolute atomic E-state index is 12.9. The van der Waals surface area contributed by atoms with Crippen molar-refractivity contribution >= 4 is 29.1 Å². The van der Waals surface area contributed by atoms with Crippen LogP contribution < -0.4 is 4.90 Å². The lowest BCUT2D eigenvalue weighted by atomic mass is 10.1. The molecule has 2 aromatic carbocycles. The number of rotatable bonds is 3. The van der Waals surface area contributed by atoms with Gasteiger partial charge < -0.3 is 0 Å². The number of fused-ring (bicyclic) bond motifs is 1. The fraction of sp³-hybridized carbons (Fsp3) is 0.222. The van der Waals surface area contributed by atoms with Crippen LogP contribution in [0.5, 0.6) is 0 Å². The molecule has 2 aliphatic heterocycles. The molecule has 2 atom stereocenters. The van der Waals surface area contributed by atoms with Gasteiger partial charge in [0.2, 0.25) is 0 Å². The lowest BCUT2D eigenvalue weighted by Gasteiger charge is -2.21. The van der Waals surface area contributed by atoms with Gasteiger partial charge in [-0.1, -0.05) is 52.7 Å². The minimum atomic E-state index is -0.795. The van der Waals surface area contributed by atoms with Gasteiger partial charge in [-0.3, -0.25) is 14.6 Å². The van der Waals surface area contributed by atoms with Gasteiger partial charge in [-0.15, -0.1) is 0 Å². The first-order valence-corrected chi connectivity index (χ1v) is 8.29. The van der Waals surface area contributed by atoms with E-state index in [0.29, 0.717) is 17.3 Å². The maximum atomic E-state index is 12.9. The van der Waals surface area contributed by atoms with Crippen molar-refractivity contribution in [1.82, 2.24) is 5.01 Å². The first-order chi connectivity index (χ1) is 12.1. The molecule has 0 unspecified atom stereocenters. The van der Waals surface area contributed by atoms with Crippen LogP contribution in [0.4, 0.5) is 5.69 Å². The van der Waals surface area contributed by atoms with Gasteiger partial charge >= 0.3 is 0 Å². The summed E-state index contributed by atoms with van der Waals surface area (Å²) in [7, 11) is 0. The van der Waals surface area contributed by atoms with E-state index >= 15 is 0 Å². The SMILES string of the molecule is Cc1ccc(N2C(=O)[C@@H]3[C@@H](N=NN3Cc3ccccc3Cl)C2=O)cc1. The summed E-state index contributed by atoms with van der Waals surface area (Å²) in [5, 5.41) is 10.2. The van der Waals surface area contributed by atoms with E-state index < -0.39 is 12.1 Å². The molecular weight excluding hydrogens is 340 g/mol. The number of benzene rings is 2. The molecule has 2 amide bonds. The van der Waals surface area contributed by atoms with Gasteiger partial charge in [0.1, 0.15) is 0 Å². The predicted octanol–water partition coefficient (Wildman–Crippen LogP) is 3.14. The highest BCUT2D eigenvalue weighted by atomic mass is 35.5. The van der Waals surface area contributed by atoms with Crippen molar-refractivity contribution in [2.24, 2.45) is 10.3 Å². The monoisotopic (exact) mass is 354 g/mol. The van der Waals surface area contributed by atoms with E-state index in [0.717, 1.165) is 11.1 Å². The fourth-order valence-corrected chi connectivity index (χ4v) is 3.30. The van der Waals surface area contributed by atoms with Crippen LogP contribution in [0.2, 0.25) is 5.02 Å². The lowest BCUT2D eigenvalue weighted by Crippen LogP contribution is -2.39. The van der Waals surface area contributed by atoms with Crippen molar-refractivity contribution in [1.29, 1.82) is 0 Å². The van der Waals surface area contributed by atoms with E-state index in [4.69, 9.17) is 11.6 Å². The van der Waals surface area contributed by atoms with E-state index in [1.807, 2.05) is 37.3 Å². The highest BCUT2D eigenvalue weighted by Crippen LogP contribution is 2.33. The maximum Gasteiger partial charge on any atom is 0.263 e. The molecule has 25 heavy (non-hydrogen) atoms. The number of nitrogens with zero attached hydrogens (tertiary/aromatic N) is 4. The molecule has 4 rings (SSSR count). The van der Waals surface area contributed by atoms with E-state index in [9.17, 15) is 9.59 Å². The highest BCUT2D eigenvalue weighted by molar-refractivity contribution is 6.31. The van der Waals surface area contributed by atoms with Gasteiger partial charge in [-0.2, -0.15) is 5.11 Å². The number of imide groups is 1. The molecule has 1 saturated heterocycles. The molecule has 2 heterocycles. The third-order valence-electron chi connectivity index (χ3n) is 4.44. The number of aryl methyl sites for hydroxylation is 1. The van der Waals surface area contributed by atoms with Crippen LogP contribution in [0, 0.1) is 6.92 Å². The van der Waals surface area contributed by atoms with Gasteiger partial charge in [0.15, 0.2) is 12.1 Å². The Morgan fingerprint density at radius 1 is 1.04 bits per heavy atom. The van der Waals surface area contributed by atoms with Crippen LogP contribution in [-0.4, -0.2) is 28.9 Å². The van der Waals surface area contributed by atoms with E-state index in [1.54, 1.807) is 23.2 Å². The first kappa shape index (κ1) is 15.8. The predicted molar refractivity (Wildman–Crippen MR) is 93.1 cm³/mol. The number of carbonyl (C=O) groups is 2. The molecule has 126 valence electrons. The van der Waals surface area contributed by atoms with Crippen molar-refractivity contribution in [3.8, 4) is 0 Å². The summed E-state index contributed by atoms with van der Waals surface area (Å²) in [5.41, 5.74) is 2.45. The third kappa shape index (κ3) is 2.59. The lowest BCUT2D eigenvalue weighted by molar-refractivity contribution is -0.123. The average Bonchev–Trinajstić information content (AvgIpc) is 3.12. The molecule has 0 spiro atoms. The van der Waals surface area contributed by atoms with Gasteiger partial charge in [0.05, 0.1) is 12.2 Å². The Morgan fingerprint density at radius 2 is 1.76 bits per heavy atom. The Labute approximate surface area is 149 Å². The molecule has 1 fully saturated rings. The van der Waals surface area contributed by atoms with Crippen LogP contribution >= 0.6 is 11.6 Å². The average molecular weight is 355 g/mol. The molecule has 7 heteroatoms. The van der Waals surface area contributed by atoms with Gasteiger partial charge in [0, 0.05) is 5.02 Å². The molecule has 0 saturated carbocycles. The molecular formula is C18H15ClN4O2. The number of hydrogen-bond donors (Lipinski definition) is 0. The molecule has 0 aliphatic carbocycles. The van der Waals surface area contributed by atoms with E-state index in [2.05, 4.69) is 10.3 Å². The van der Waals surface area contributed by atoms with Crippen molar-refractivity contribution in [3.63, 3.8) is 0 Å². The Kier molecular flexibility index (Phi) is 3.77.